The van der Waals surface area contributed by atoms with E-state index in [1.165, 1.54) is 12.1 Å². The van der Waals surface area contributed by atoms with Crippen LogP contribution in [0.15, 0.2) is 48.9 Å². The second kappa shape index (κ2) is 6.43. The molecule has 5 nitrogen and oxygen atoms in total. The van der Waals surface area contributed by atoms with Crippen LogP contribution in [0, 0.1) is 12.7 Å². The highest BCUT2D eigenvalue weighted by Crippen LogP contribution is 2.44. The van der Waals surface area contributed by atoms with Crippen LogP contribution in [0.4, 0.5) is 13.2 Å². The van der Waals surface area contributed by atoms with Gasteiger partial charge in [0.15, 0.2) is 5.65 Å². The molecular formula is C21H18F3N5. The van der Waals surface area contributed by atoms with Gasteiger partial charge in [0, 0.05) is 24.4 Å². The van der Waals surface area contributed by atoms with Crippen molar-refractivity contribution in [2.24, 2.45) is 0 Å². The molecule has 0 spiro atoms. The average molecular weight is 397 g/mol. The van der Waals surface area contributed by atoms with E-state index in [1.807, 2.05) is 19.1 Å². The number of halogens is 3. The molecule has 1 aliphatic carbocycles. The smallest absolute Gasteiger partial charge is 0.250 e. The quantitative estimate of drug-likeness (QED) is 0.485. The molecule has 0 saturated heterocycles. The number of aromatic nitrogens is 5. The molecule has 0 aliphatic heterocycles. The Morgan fingerprint density at radius 3 is 2.59 bits per heavy atom. The van der Waals surface area contributed by atoms with Gasteiger partial charge in [0.2, 0.25) is 5.92 Å². The number of alkyl halides is 2. The van der Waals surface area contributed by atoms with Crippen molar-refractivity contribution in [3.05, 3.63) is 60.4 Å². The van der Waals surface area contributed by atoms with E-state index < -0.39 is 5.92 Å². The molecule has 4 aromatic rings. The predicted octanol–water partition coefficient (Wildman–Crippen LogP) is 5.07. The van der Waals surface area contributed by atoms with Crippen LogP contribution in [0.2, 0.25) is 0 Å². The van der Waals surface area contributed by atoms with Gasteiger partial charge >= 0.3 is 0 Å². The molecule has 0 amide bonds. The predicted molar refractivity (Wildman–Crippen MR) is 102 cm³/mol. The summed E-state index contributed by atoms with van der Waals surface area (Å²) in [6.45, 7) is 1.90. The lowest BCUT2D eigenvalue weighted by molar-refractivity contribution is 0.00569. The van der Waals surface area contributed by atoms with Gasteiger partial charge in [-0.2, -0.15) is 5.10 Å². The van der Waals surface area contributed by atoms with Crippen LogP contribution < -0.4 is 0 Å². The number of benzene rings is 1. The Bertz CT molecular complexity index is 1190. The minimum absolute atomic E-state index is 0.145. The fourth-order valence-corrected chi connectivity index (χ4v) is 3.99. The summed E-state index contributed by atoms with van der Waals surface area (Å²) in [5, 5.41) is 4.68. The normalized spacial score (nSPS) is 18.6. The van der Waals surface area contributed by atoms with Gasteiger partial charge in [-0.3, -0.25) is 0 Å². The maximum atomic E-state index is 13.9. The van der Waals surface area contributed by atoms with Crippen molar-refractivity contribution in [3.8, 4) is 22.6 Å². The van der Waals surface area contributed by atoms with Crippen LogP contribution in [0.25, 0.3) is 28.3 Å². The van der Waals surface area contributed by atoms with Gasteiger partial charge < -0.3 is 4.57 Å². The van der Waals surface area contributed by atoms with Crippen LogP contribution in [-0.2, 0) is 0 Å². The number of fused-ring (bicyclic) bond motifs is 1. The largest absolute Gasteiger partial charge is 0.325 e. The Labute approximate surface area is 164 Å². The number of rotatable bonds is 3. The lowest BCUT2D eigenvalue weighted by Crippen LogP contribution is -2.13. The summed E-state index contributed by atoms with van der Waals surface area (Å²) < 4.78 is 44.7. The molecule has 1 unspecified atom stereocenters. The van der Waals surface area contributed by atoms with Crippen LogP contribution in [0.1, 0.15) is 31.0 Å². The van der Waals surface area contributed by atoms with Gasteiger partial charge in [-0.25, -0.2) is 27.7 Å². The van der Waals surface area contributed by atoms with Gasteiger partial charge in [0.25, 0.3) is 0 Å². The zero-order valence-corrected chi connectivity index (χ0v) is 15.7. The van der Waals surface area contributed by atoms with E-state index in [1.54, 1.807) is 33.7 Å². The van der Waals surface area contributed by atoms with Gasteiger partial charge in [-0.1, -0.05) is 0 Å². The molecule has 3 heterocycles. The molecule has 0 bridgehead atoms. The molecule has 8 heteroatoms. The lowest BCUT2D eigenvalue weighted by Gasteiger charge is -2.17. The van der Waals surface area contributed by atoms with Crippen molar-refractivity contribution in [2.45, 2.75) is 38.2 Å². The van der Waals surface area contributed by atoms with E-state index in [9.17, 15) is 13.2 Å². The Kier molecular flexibility index (Phi) is 3.97. The third-order valence-corrected chi connectivity index (χ3v) is 5.46. The van der Waals surface area contributed by atoms with E-state index in [2.05, 4.69) is 15.1 Å². The molecule has 148 valence electrons. The average Bonchev–Trinajstić information content (AvgIpc) is 3.39. The second-order valence-electron chi connectivity index (χ2n) is 7.50. The van der Waals surface area contributed by atoms with Crippen LogP contribution in [0.3, 0.4) is 0 Å². The fourth-order valence-electron chi connectivity index (χ4n) is 3.99. The van der Waals surface area contributed by atoms with Gasteiger partial charge in [0.1, 0.15) is 11.5 Å². The zero-order valence-electron chi connectivity index (χ0n) is 15.7. The molecule has 1 fully saturated rings. The number of aryl methyl sites for hydroxylation is 1. The van der Waals surface area contributed by atoms with Crippen molar-refractivity contribution in [2.75, 3.05) is 0 Å². The van der Waals surface area contributed by atoms with E-state index in [0.717, 1.165) is 5.69 Å². The Morgan fingerprint density at radius 2 is 1.86 bits per heavy atom. The summed E-state index contributed by atoms with van der Waals surface area (Å²) in [6.07, 6.45) is 3.31. The maximum Gasteiger partial charge on any atom is 0.250 e. The Hall–Kier alpha value is -3.16. The molecule has 1 atom stereocenters. The van der Waals surface area contributed by atoms with Gasteiger partial charge in [0.05, 0.1) is 29.6 Å². The summed E-state index contributed by atoms with van der Waals surface area (Å²) in [5.41, 5.74) is 4.11. The Balaban J connectivity index is 1.70. The molecule has 1 saturated carbocycles. The third kappa shape index (κ3) is 3.08. The highest BCUT2D eigenvalue weighted by Gasteiger charge is 2.41. The first kappa shape index (κ1) is 17.9. The van der Waals surface area contributed by atoms with Crippen molar-refractivity contribution >= 4 is 5.65 Å². The first-order chi connectivity index (χ1) is 13.9. The molecule has 1 aliphatic rings. The van der Waals surface area contributed by atoms with E-state index in [0.29, 0.717) is 34.7 Å². The zero-order chi connectivity index (χ0) is 20.2. The summed E-state index contributed by atoms with van der Waals surface area (Å²) in [5.74, 6) is -3.03. The first-order valence-corrected chi connectivity index (χ1v) is 9.44. The molecule has 0 N–H and O–H groups in total. The fraction of sp³-hybridized carbons (Fsp3) is 0.286. The molecule has 29 heavy (non-hydrogen) atoms. The second-order valence-corrected chi connectivity index (χ2v) is 7.50. The lowest BCUT2D eigenvalue weighted by atomic mass is 10.1. The molecule has 1 aromatic carbocycles. The summed E-state index contributed by atoms with van der Waals surface area (Å²) in [6, 6.07) is 9.27. The van der Waals surface area contributed by atoms with Crippen LogP contribution in [0.5, 0.6) is 0 Å². The van der Waals surface area contributed by atoms with Crippen molar-refractivity contribution in [3.63, 3.8) is 0 Å². The van der Waals surface area contributed by atoms with Crippen molar-refractivity contribution < 1.29 is 13.2 Å². The van der Waals surface area contributed by atoms with Crippen LogP contribution in [-0.4, -0.2) is 30.1 Å². The summed E-state index contributed by atoms with van der Waals surface area (Å²) in [7, 11) is 0. The maximum absolute atomic E-state index is 13.9. The van der Waals surface area contributed by atoms with E-state index in [4.69, 9.17) is 0 Å². The third-order valence-electron chi connectivity index (χ3n) is 5.46. The van der Waals surface area contributed by atoms with Gasteiger partial charge in [-0.05, 0) is 49.7 Å². The van der Waals surface area contributed by atoms with Gasteiger partial charge in [-0.15, -0.1) is 0 Å². The molecule has 5 rings (SSSR count). The molecular weight excluding hydrogens is 379 g/mol. The standard InChI is InChI=1S/C21H18F3N5/c1-13-11-25-18-7-6-17(27-29(13)18)20-19(14-2-4-15(22)5-3-14)26-12-28(20)16-8-9-21(23,24)10-16/h2-7,11-12,16H,8-10H2,1H3. The van der Waals surface area contributed by atoms with E-state index >= 15 is 0 Å². The summed E-state index contributed by atoms with van der Waals surface area (Å²) in [4.78, 5) is 8.79. The van der Waals surface area contributed by atoms with Crippen molar-refractivity contribution in [1.29, 1.82) is 0 Å². The van der Waals surface area contributed by atoms with E-state index in [-0.39, 0.29) is 24.7 Å². The number of hydrogen-bond donors (Lipinski definition) is 0. The number of hydrogen-bond acceptors (Lipinski definition) is 3. The highest BCUT2D eigenvalue weighted by molar-refractivity contribution is 5.77. The summed E-state index contributed by atoms with van der Waals surface area (Å²) >= 11 is 0. The highest BCUT2D eigenvalue weighted by atomic mass is 19.3. The topological polar surface area (TPSA) is 48.0 Å². The Morgan fingerprint density at radius 1 is 1.07 bits per heavy atom. The minimum atomic E-state index is -2.68. The monoisotopic (exact) mass is 397 g/mol. The number of nitrogens with zero attached hydrogens (tertiary/aromatic N) is 5. The SMILES string of the molecule is Cc1cnc2ccc(-c3c(-c4ccc(F)cc4)ncn3C3CCC(F)(F)C3)nn12. The van der Waals surface area contributed by atoms with Crippen LogP contribution >= 0.6 is 0 Å². The van der Waals surface area contributed by atoms with Crippen molar-refractivity contribution in [1.82, 2.24) is 24.1 Å². The molecule has 3 aromatic heterocycles. The number of imidazole rings is 2. The first-order valence-electron chi connectivity index (χ1n) is 9.44. The minimum Gasteiger partial charge on any atom is -0.325 e. The molecule has 0 radical (unpaired) electrons.